The number of carbonyl (C=O) groups is 1. The number of anilines is 1. The predicted molar refractivity (Wildman–Crippen MR) is 104 cm³/mol. The van der Waals surface area contributed by atoms with Crippen LogP contribution in [-0.2, 0) is 17.8 Å². The van der Waals surface area contributed by atoms with Gasteiger partial charge in [-0.15, -0.1) is 10.2 Å². The third-order valence-electron chi connectivity index (χ3n) is 5.00. The molecule has 7 heteroatoms. The summed E-state index contributed by atoms with van der Waals surface area (Å²) in [6.45, 7) is 4.21. The van der Waals surface area contributed by atoms with Crippen LogP contribution >= 0.6 is 0 Å². The largest absolute Gasteiger partial charge is 0.464 e. The summed E-state index contributed by atoms with van der Waals surface area (Å²) in [6.07, 6.45) is 4.25. The number of piperidine rings is 1. The van der Waals surface area contributed by atoms with Crippen LogP contribution in [0.4, 0.5) is 5.69 Å². The van der Waals surface area contributed by atoms with Crippen LogP contribution in [0.25, 0.3) is 11.3 Å². The minimum atomic E-state index is -0.0490. The number of benzene rings is 1. The van der Waals surface area contributed by atoms with E-state index in [1.54, 1.807) is 6.26 Å². The minimum absolute atomic E-state index is 0.0490. The van der Waals surface area contributed by atoms with Crippen molar-refractivity contribution in [1.82, 2.24) is 15.1 Å². The third-order valence-corrected chi connectivity index (χ3v) is 5.00. The summed E-state index contributed by atoms with van der Waals surface area (Å²) in [5.74, 6) is 2.08. The number of hydrogen-bond donors (Lipinski definition) is 1. The van der Waals surface area contributed by atoms with E-state index in [1.807, 2.05) is 43.3 Å². The van der Waals surface area contributed by atoms with Crippen LogP contribution in [0.15, 0.2) is 51.5 Å². The maximum absolute atomic E-state index is 12.7. The Hall–Kier alpha value is -2.93. The van der Waals surface area contributed by atoms with Crippen molar-refractivity contribution in [3.63, 3.8) is 0 Å². The van der Waals surface area contributed by atoms with Crippen molar-refractivity contribution in [3.05, 3.63) is 54.4 Å². The number of rotatable bonds is 6. The van der Waals surface area contributed by atoms with E-state index in [-0.39, 0.29) is 11.8 Å². The van der Waals surface area contributed by atoms with Crippen molar-refractivity contribution in [1.29, 1.82) is 0 Å². The average Bonchev–Trinajstić information content (AvgIpc) is 3.41. The Morgan fingerprint density at radius 3 is 2.75 bits per heavy atom. The van der Waals surface area contributed by atoms with Crippen LogP contribution in [0, 0.1) is 5.92 Å². The SMILES string of the molecule is CCc1nnc(CN2CCC[C@@H](C(=O)Nc3ccc(-c4ccco4)cc3)C2)o1. The molecule has 4 rings (SSSR count). The number of hydrogen-bond acceptors (Lipinski definition) is 6. The minimum Gasteiger partial charge on any atom is -0.464 e. The van der Waals surface area contributed by atoms with Crippen LogP contribution in [0.2, 0.25) is 0 Å². The lowest BCUT2D eigenvalue weighted by atomic mass is 9.97. The molecule has 0 radical (unpaired) electrons. The molecule has 1 N–H and O–H groups in total. The Morgan fingerprint density at radius 1 is 1.21 bits per heavy atom. The molecule has 1 aliphatic heterocycles. The van der Waals surface area contributed by atoms with Gasteiger partial charge in [0.15, 0.2) is 0 Å². The second kappa shape index (κ2) is 8.39. The van der Waals surface area contributed by atoms with Crippen molar-refractivity contribution >= 4 is 11.6 Å². The van der Waals surface area contributed by atoms with E-state index >= 15 is 0 Å². The summed E-state index contributed by atoms with van der Waals surface area (Å²) in [5.41, 5.74) is 1.78. The van der Waals surface area contributed by atoms with Gasteiger partial charge in [0.2, 0.25) is 17.7 Å². The van der Waals surface area contributed by atoms with E-state index in [4.69, 9.17) is 8.83 Å². The van der Waals surface area contributed by atoms with E-state index in [0.717, 1.165) is 42.8 Å². The number of aromatic nitrogens is 2. The standard InChI is InChI=1S/C21H24N4O3/c1-2-19-23-24-20(28-19)14-25-11-3-5-16(13-25)21(26)22-17-9-7-15(8-10-17)18-6-4-12-27-18/h4,6-10,12,16H,2-3,5,11,13-14H2,1H3,(H,22,26)/t16-/m1/s1. The number of aryl methyl sites for hydroxylation is 1. The second-order valence-electron chi connectivity index (χ2n) is 7.06. The molecule has 0 bridgehead atoms. The van der Waals surface area contributed by atoms with Gasteiger partial charge < -0.3 is 14.2 Å². The highest BCUT2D eigenvalue weighted by Gasteiger charge is 2.27. The average molecular weight is 380 g/mol. The highest BCUT2D eigenvalue weighted by atomic mass is 16.4. The lowest BCUT2D eigenvalue weighted by molar-refractivity contribution is -0.121. The van der Waals surface area contributed by atoms with E-state index in [1.165, 1.54) is 0 Å². The number of carbonyl (C=O) groups excluding carboxylic acids is 1. The molecular formula is C21H24N4O3. The molecule has 146 valence electrons. The van der Waals surface area contributed by atoms with Crippen molar-refractivity contribution in [3.8, 4) is 11.3 Å². The summed E-state index contributed by atoms with van der Waals surface area (Å²) in [7, 11) is 0. The molecule has 0 saturated carbocycles. The maximum Gasteiger partial charge on any atom is 0.230 e. The fourth-order valence-electron chi connectivity index (χ4n) is 3.50. The summed E-state index contributed by atoms with van der Waals surface area (Å²) in [4.78, 5) is 14.9. The Kier molecular flexibility index (Phi) is 5.53. The fraction of sp³-hybridized carbons (Fsp3) is 0.381. The van der Waals surface area contributed by atoms with E-state index < -0.39 is 0 Å². The molecule has 1 aliphatic rings. The van der Waals surface area contributed by atoms with E-state index in [0.29, 0.717) is 24.9 Å². The maximum atomic E-state index is 12.7. The van der Waals surface area contributed by atoms with Crippen molar-refractivity contribution in [2.75, 3.05) is 18.4 Å². The molecule has 0 spiro atoms. The summed E-state index contributed by atoms with van der Waals surface area (Å²) in [5, 5.41) is 11.1. The molecule has 3 heterocycles. The van der Waals surface area contributed by atoms with Crippen molar-refractivity contribution < 1.29 is 13.6 Å². The Balaban J connectivity index is 1.33. The monoisotopic (exact) mass is 380 g/mol. The summed E-state index contributed by atoms with van der Waals surface area (Å²) < 4.78 is 11.0. The van der Waals surface area contributed by atoms with Crippen LogP contribution in [0.5, 0.6) is 0 Å². The molecule has 7 nitrogen and oxygen atoms in total. The zero-order valence-corrected chi connectivity index (χ0v) is 15.9. The van der Waals surface area contributed by atoms with Gasteiger partial charge in [-0.1, -0.05) is 6.92 Å². The van der Waals surface area contributed by atoms with Gasteiger partial charge in [-0.25, -0.2) is 0 Å². The van der Waals surface area contributed by atoms with Gasteiger partial charge in [-0.05, 0) is 55.8 Å². The third kappa shape index (κ3) is 4.31. The van der Waals surface area contributed by atoms with Crippen LogP contribution < -0.4 is 5.32 Å². The molecule has 1 fully saturated rings. The molecule has 1 aromatic carbocycles. The topological polar surface area (TPSA) is 84.4 Å². The van der Waals surface area contributed by atoms with Crippen LogP contribution in [-0.4, -0.2) is 34.1 Å². The number of amides is 1. The van der Waals surface area contributed by atoms with Gasteiger partial charge >= 0.3 is 0 Å². The number of furan rings is 1. The van der Waals surface area contributed by atoms with Crippen molar-refractivity contribution in [2.45, 2.75) is 32.7 Å². The quantitative estimate of drug-likeness (QED) is 0.701. The highest BCUT2D eigenvalue weighted by molar-refractivity contribution is 5.93. The van der Waals surface area contributed by atoms with E-state index in [9.17, 15) is 4.79 Å². The van der Waals surface area contributed by atoms with Gasteiger partial charge in [0.1, 0.15) is 5.76 Å². The summed E-state index contributed by atoms with van der Waals surface area (Å²) >= 11 is 0. The lowest BCUT2D eigenvalue weighted by Gasteiger charge is -2.30. The number of nitrogens with one attached hydrogen (secondary N) is 1. The van der Waals surface area contributed by atoms with Gasteiger partial charge in [-0.3, -0.25) is 9.69 Å². The number of likely N-dealkylation sites (tertiary alicyclic amines) is 1. The van der Waals surface area contributed by atoms with Gasteiger partial charge in [0.25, 0.3) is 0 Å². The molecule has 0 unspecified atom stereocenters. The van der Waals surface area contributed by atoms with Crippen LogP contribution in [0.1, 0.15) is 31.5 Å². The number of nitrogens with zero attached hydrogens (tertiary/aromatic N) is 3. The van der Waals surface area contributed by atoms with E-state index in [2.05, 4.69) is 20.4 Å². The zero-order chi connectivity index (χ0) is 19.3. The molecule has 1 saturated heterocycles. The molecular weight excluding hydrogens is 356 g/mol. The zero-order valence-electron chi connectivity index (χ0n) is 15.9. The first-order valence-corrected chi connectivity index (χ1v) is 9.69. The molecule has 28 heavy (non-hydrogen) atoms. The van der Waals surface area contributed by atoms with Crippen LogP contribution in [0.3, 0.4) is 0 Å². The molecule has 1 amide bonds. The van der Waals surface area contributed by atoms with Crippen molar-refractivity contribution in [2.24, 2.45) is 5.92 Å². The van der Waals surface area contributed by atoms with Gasteiger partial charge in [0.05, 0.1) is 18.7 Å². The molecule has 2 aromatic heterocycles. The van der Waals surface area contributed by atoms with Gasteiger partial charge in [-0.2, -0.15) is 0 Å². The Morgan fingerprint density at radius 2 is 2.04 bits per heavy atom. The fourth-order valence-corrected chi connectivity index (χ4v) is 3.50. The smallest absolute Gasteiger partial charge is 0.230 e. The lowest BCUT2D eigenvalue weighted by Crippen LogP contribution is -2.40. The Labute approximate surface area is 163 Å². The molecule has 3 aromatic rings. The normalized spacial score (nSPS) is 17.5. The van der Waals surface area contributed by atoms with Gasteiger partial charge in [0, 0.05) is 24.2 Å². The molecule has 0 aliphatic carbocycles. The highest BCUT2D eigenvalue weighted by Crippen LogP contribution is 2.23. The Bertz CT molecular complexity index is 902. The first kappa shape index (κ1) is 18.4. The molecule has 1 atom stereocenters. The predicted octanol–water partition coefficient (Wildman–Crippen LogP) is 3.74. The first-order chi connectivity index (χ1) is 13.7. The second-order valence-corrected chi connectivity index (χ2v) is 7.06. The first-order valence-electron chi connectivity index (χ1n) is 9.69. The summed E-state index contributed by atoms with van der Waals surface area (Å²) in [6, 6.07) is 11.5.